The monoisotopic (exact) mass is 394 g/mol. The van der Waals surface area contributed by atoms with Crippen LogP contribution in [0.2, 0.25) is 5.02 Å². The summed E-state index contributed by atoms with van der Waals surface area (Å²) in [6.07, 6.45) is 0. The summed E-state index contributed by atoms with van der Waals surface area (Å²) >= 11 is 6.01. The van der Waals surface area contributed by atoms with Gasteiger partial charge in [-0.25, -0.2) is 8.42 Å². The molecule has 0 spiro atoms. The summed E-state index contributed by atoms with van der Waals surface area (Å²) in [6.45, 7) is 6.41. The molecular weight excluding hydrogens is 372 g/mol. The van der Waals surface area contributed by atoms with Gasteiger partial charge in [0.05, 0.1) is 17.0 Å². The van der Waals surface area contributed by atoms with Crippen LogP contribution in [0.4, 0.5) is 5.69 Å². The summed E-state index contributed by atoms with van der Waals surface area (Å²) < 4.78 is 32.5. The molecule has 7 heteroatoms. The van der Waals surface area contributed by atoms with Crippen LogP contribution in [-0.4, -0.2) is 46.0 Å². The van der Waals surface area contributed by atoms with E-state index in [9.17, 15) is 8.42 Å². The van der Waals surface area contributed by atoms with Gasteiger partial charge in [0.1, 0.15) is 5.75 Å². The van der Waals surface area contributed by atoms with E-state index in [0.29, 0.717) is 37.0 Å². The summed E-state index contributed by atoms with van der Waals surface area (Å²) in [5.74, 6) is 0.363. The van der Waals surface area contributed by atoms with Gasteiger partial charge in [0.2, 0.25) is 10.0 Å². The van der Waals surface area contributed by atoms with Crippen LogP contribution >= 0.6 is 11.6 Å². The van der Waals surface area contributed by atoms with Crippen molar-refractivity contribution in [2.24, 2.45) is 0 Å². The second-order valence-electron chi connectivity index (χ2n) is 6.41. The Morgan fingerprint density at radius 3 is 2.38 bits per heavy atom. The van der Waals surface area contributed by atoms with E-state index in [1.165, 1.54) is 40.4 Å². The zero-order chi connectivity index (χ0) is 18.9. The van der Waals surface area contributed by atoms with E-state index in [-0.39, 0.29) is 4.90 Å². The largest absolute Gasteiger partial charge is 0.495 e. The Bertz CT molecular complexity index is 907. The van der Waals surface area contributed by atoms with Crippen LogP contribution in [0.25, 0.3) is 0 Å². The van der Waals surface area contributed by atoms with E-state index in [4.69, 9.17) is 16.3 Å². The molecule has 140 valence electrons. The van der Waals surface area contributed by atoms with Crippen molar-refractivity contribution in [1.29, 1.82) is 0 Å². The van der Waals surface area contributed by atoms with Crippen LogP contribution in [0.15, 0.2) is 41.3 Å². The first kappa shape index (κ1) is 19.0. The van der Waals surface area contributed by atoms with Gasteiger partial charge in [0.15, 0.2) is 0 Å². The number of nitrogens with zero attached hydrogens (tertiary/aromatic N) is 2. The normalized spacial score (nSPS) is 15.9. The van der Waals surface area contributed by atoms with Crippen LogP contribution in [0.5, 0.6) is 5.75 Å². The Kier molecular flexibility index (Phi) is 5.46. The minimum Gasteiger partial charge on any atom is -0.495 e. The zero-order valence-electron chi connectivity index (χ0n) is 15.2. The standard InChI is InChI=1S/C19H23ClN2O3S/c1-14-5-4-6-18(15(14)2)21-9-11-22(12-10-21)26(23,24)16-7-8-17(20)19(13-16)25-3/h4-8,13H,9-12H2,1-3H3. The summed E-state index contributed by atoms with van der Waals surface area (Å²) in [5.41, 5.74) is 3.66. The van der Waals surface area contributed by atoms with Gasteiger partial charge >= 0.3 is 0 Å². The molecule has 1 fully saturated rings. The van der Waals surface area contributed by atoms with Crippen molar-refractivity contribution in [3.8, 4) is 5.75 Å². The highest BCUT2D eigenvalue weighted by Gasteiger charge is 2.29. The Labute approximate surface area is 160 Å². The number of hydrogen-bond acceptors (Lipinski definition) is 4. The highest BCUT2D eigenvalue weighted by atomic mass is 35.5. The molecule has 1 aliphatic heterocycles. The smallest absolute Gasteiger partial charge is 0.243 e. The van der Waals surface area contributed by atoms with Gasteiger partial charge < -0.3 is 9.64 Å². The number of sulfonamides is 1. The number of aryl methyl sites for hydroxylation is 1. The van der Waals surface area contributed by atoms with Gasteiger partial charge in [-0.3, -0.25) is 0 Å². The van der Waals surface area contributed by atoms with Crippen LogP contribution < -0.4 is 9.64 Å². The SMILES string of the molecule is COc1cc(S(=O)(=O)N2CCN(c3cccc(C)c3C)CC2)ccc1Cl. The maximum atomic E-state index is 12.9. The predicted molar refractivity (Wildman–Crippen MR) is 105 cm³/mol. The Hall–Kier alpha value is -1.76. The fraction of sp³-hybridized carbons (Fsp3) is 0.368. The lowest BCUT2D eigenvalue weighted by Gasteiger charge is -2.36. The maximum absolute atomic E-state index is 12.9. The molecule has 0 unspecified atom stereocenters. The molecule has 0 N–H and O–H groups in total. The van der Waals surface area contributed by atoms with E-state index in [2.05, 4.69) is 30.9 Å². The number of piperazine rings is 1. The van der Waals surface area contributed by atoms with Crippen molar-refractivity contribution in [2.45, 2.75) is 18.7 Å². The average molecular weight is 395 g/mol. The molecule has 26 heavy (non-hydrogen) atoms. The van der Waals surface area contributed by atoms with Gasteiger partial charge in [-0.15, -0.1) is 0 Å². The number of hydrogen-bond donors (Lipinski definition) is 0. The van der Waals surface area contributed by atoms with Crippen molar-refractivity contribution in [1.82, 2.24) is 4.31 Å². The van der Waals surface area contributed by atoms with Crippen molar-refractivity contribution in [3.63, 3.8) is 0 Å². The molecular formula is C19H23ClN2O3S. The summed E-state index contributed by atoms with van der Waals surface area (Å²) in [4.78, 5) is 2.45. The molecule has 1 saturated heterocycles. The van der Waals surface area contributed by atoms with Crippen molar-refractivity contribution >= 4 is 27.3 Å². The fourth-order valence-corrected chi connectivity index (χ4v) is 4.83. The maximum Gasteiger partial charge on any atom is 0.243 e. The van der Waals surface area contributed by atoms with Crippen LogP contribution in [0, 0.1) is 13.8 Å². The second kappa shape index (κ2) is 7.47. The molecule has 1 aliphatic rings. The zero-order valence-corrected chi connectivity index (χ0v) is 16.8. The number of halogens is 1. The molecule has 0 saturated carbocycles. The molecule has 1 heterocycles. The number of anilines is 1. The van der Waals surface area contributed by atoms with Gasteiger partial charge in [0.25, 0.3) is 0 Å². The lowest BCUT2D eigenvalue weighted by atomic mass is 10.1. The Morgan fingerprint density at radius 2 is 1.73 bits per heavy atom. The van der Waals surface area contributed by atoms with Gasteiger partial charge in [0, 0.05) is 37.9 Å². The lowest BCUT2D eigenvalue weighted by Crippen LogP contribution is -2.48. The average Bonchev–Trinajstić information content (AvgIpc) is 2.64. The van der Waals surface area contributed by atoms with E-state index >= 15 is 0 Å². The van der Waals surface area contributed by atoms with Gasteiger partial charge in [-0.1, -0.05) is 23.7 Å². The molecule has 0 bridgehead atoms. The molecule has 3 rings (SSSR count). The number of rotatable bonds is 4. The van der Waals surface area contributed by atoms with Crippen molar-refractivity contribution in [3.05, 3.63) is 52.5 Å². The number of ether oxygens (including phenoxy) is 1. The summed E-state index contributed by atoms with van der Waals surface area (Å²) in [6, 6.07) is 10.8. The molecule has 0 aromatic heterocycles. The Balaban J connectivity index is 1.78. The highest BCUT2D eigenvalue weighted by Crippen LogP contribution is 2.30. The fourth-order valence-electron chi connectivity index (χ4n) is 3.20. The van der Waals surface area contributed by atoms with Crippen molar-refractivity contribution < 1.29 is 13.2 Å². The quantitative estimate of drug-likeness (QED) is 0.796. The predicted octanol–water partition coefficient (Wildman–Crippen LogP) is 3.48. The summed E-state index contributed by atoms with van der Waals surface area (Å²) in [7, 11) is -2.09. The second-order valence-corrected chi connectivity index (χ2v) is 8.75. The minimum absolute atomic E-state index is 0.207. The van der Waals surface area contributed by atoms with Crippen LogP contribution in [0.1, 0.15) is 11.1 Å². The van der Waals surface area contributed by atoms with E-state index in [1.807, 2.05) is 6.07 Å². The first-order chi connectivity index (χ1) is 12.3. The Morgan fingerprint density at radius 1 is 1.04 bits per heavy atom. The van der Waals surface area contributed by atoms with E-state index in [1.54, 1.807) is 6.07 Å². The van der Waals surface area contributed by atoms with E-state index < -0.39 is 10.0 Å². The topological polar surface area (TPSA) is 49.9 Å². The molecule has 5 nitrogen and oxygen atoms in total. The van der Waals surface area contributed by atoms with Gasteiger partial charge in [-0.2, -0.15) is 4.31 Å². The van der Waals surface area contributed by atoms with Gasteiger partial charge in [-0.05, 0) is 43.2 Å². The third-order valence-electron chi connectivity index (χ3n) is 4.92. The molecule has 2 aromatic rings. The molecule has 0 amide bonds. The first-order valence-electron chi connectivity index (χ1n) is 8.49. The lowest BCUT2D eigenvalue weighted by molar-refractivity contribution is 0.383. The molecule has 0 radical (unpaired) electrons. The van der Waals surface area contributed by atoms with Crippen LogP contribution in [-0.2, 0) is 10.0 Å². The highest BCUT2D eigenvalue weighted by molar-refractivity contribution is 7.89. The number of benzene rings is 2. The summed E-state index contributed by atoms with van der Waals surface area (Å²) in [5, 5.41) is 0.395. The van der Waals surface area contributed by atoms with E-state index in [0.717, 1.165) is 0 Å². The number of methoxy groups -OCH3 is 1. The third-order valence-corrected chi connectivity index (χ3v) is 7.12. The molecule has 2 aromatic carbocycles. The van der Waals surface area contributed by atoms with Crippen LogP contribution in [0.3, 0.4) is 0 Å². The molecule has 0 aliphatic carbocycles. The minimum atomic E-state index is -3.57. The third kappa shape index (κ3) is 3.54. The molecule has 0 atom stereocenters. The van der Waals surface area contributed by atoms with Crippen molar-refractivity contribution in [2.75, 3.05) is 38.2 Å². The first-order valence-corrected chi connectivity index (χ1v) is 10.3.